The molecule has 4 aromatic heterocycles. The molecule has 3 N–H and O–H groups in total. The van der Waals surface area contributed by atoms with Crippen molar-refractivity contribution in [3.05, 3.63) is 35.4 Å². The molecule has 10 nitrogen and oxygen atoms in total. The smallest absolute Gasteiger partial charge is 0.275 e. The Morgan fingerprint density at radius 3 is 2.81 bits per heavy atom. The monoisotopic (exact) mass is 367 g/mol. The number of hydrogen-bond donors (Lipinski definition) is 2. The zero-order chi connectivity index (χ0) is 19.3. The molecule has 0 aliphatic rings. The summed E-state index contributed by atoms with van der Waals surface area (Å²) < 4.78 is 8.64. The van der Waals surface area contributed by atoms with Crippen LogP contribution >= 0.6 is 0 Å². The van der Waals surface area contributed by atoms with Gasteiger partial charge in [-0.05, 0) is 32.9 Å². The van der Waals surface area contributed by atoms with Gasteiger partial charge in [0.25, 0.3) is 11.8 Å². The Balaban J connectivity index is 1.89. The fraction of sp³-hybridized carbons (Fsp3) is 0.235. The quantitative estimate of drug-likeness (QED) is 0.560. The van der Waals surface area contributed by atoms with E-state index in [1.54, 1.807) is 34.5 Å². The Bertz CT molecular complexity index is 1190. The van der Waals surface area contributed by atoms with Crippen molar-refractivity contribution in [1.29, 1.82) is 0 Å². The topological polar surface area (TPSA) is 137 Å². The highest BCUT2D eigenvalue weighted by Gasteiger charge is 2.23. The van der Waals surface area contributed by atoms with Crippen molar-refractivity contribution >= 4 is 11.4 Å². The molecule has 0 atom stereocenters. The summed E-state index contributed by atoms with van der Waals surface area (Å²) >= 11 is 0. The largest absolute Gasteiger partial charge is 0.504 e. The number of carbonyl (C=O) groups is 1. The second-order valence-corrected chi connectivity index (χ2v) is 6.11. The lowest BCUT2D eigenvalue weighted by atomic mass is 10.2. The molecular formula is C17H17N7O3. The standard InChI is InChI=1S/C17H17N7O3/c1-4-24-13(14(25)9(3)21-24)16-20-17(27-22-16)12-6-10(15(18)26)11-5-8(2)19-7-23(11)12/h5-7,25H,4H2,1-3H3,(H2,18,26). The lowest BCUT2D eigenvalue weighted by molar-refractivity contribution is 0.100. The van der Waals surface area contributed by atoms with Crippen LogP contribution in [0.25, 0.3) is 28.6 Å². The van der Waals surface area contributed by atoms with Crippen molar-refractivity contribution < 1.29 is 14.4 Å². The van der Waals surface area contributed by atoms with Crippen molar-refractivity contribution in [2.45, 2.75) is 27.3 Å². The van der Waals surface area contributed by atoms with E-state index in [-0.39, 0.29) is 17.5 Å². The van der Waals surface area contributed by atoms with Crippen LogP contribution in [0.15, 0.2) is 23.0 Å². The predicted molar refractivity (Wildman–Crippen MR) is 95.0 cm³/mol. The van der Waals surface area contributed by atoms with Crippen LogP contribution in [0.1, 0.15) is 28.7 Å². The average Bonchev–Trinajstić information content (AvgIpc) is 3.31. The summed E-state index contributed by atoms with van der Waals surface area (Å²) in [7, 11) is 0. The molecule has 0 aliphatic carbocycles. The van der Waals surface area contributed by atoms with Gasteiger partial charge in [-0.25, -0.2) is 4.98 Å². The molecule has 4 rings (SSSR count). The summed E-state index contributed by atoms with van der Waals surface area (Å²) in [4.78, 5) is 20.4. The van der Waals surface area contributed by atoms with E-state index in [1.807, 2.05) is 13.8 Å². The van der Waals surface area contributed by atoms with E-state index in [4.69, 9.17) is 10.3 Å². The number of amides is 1. The molecule has 0 aromatic carbocycles. The van der Waals surface area contributed by atoms with Gasteiger partial charge in [0.15, 0.2) is 11.4 Å². The fourth-order valence-corrected chi connectivity index (χ4v) is 3.00. The van der Waals surface area contributed by atoms with E-state index < -0.39 is 5.91 Å². The normalized spacial score (nSPS) is 11.4. The molecule has 0 fully saturated rings. The summed E-state index contributed by atoms with van der Waals surface area (Å²) in [6.45, 7) is 5.94. The van der Waals surface area contributed by atoms with Crippen LogP contribution in [-0.2, 0) is 6.54 Å². The lowest BCUT2D eigenvalue weighted by Gasteiger charge is -2.00. The first-order chi connectivity index (χ1) is 12.9. The predicted octanol–water partition coefficient (Wildman–Crippen LogP) is 1.69. The third-order valence-electron chi connectivity index (χ3n) is 4.32. The summed E-state index contributed by atoms with van der Waals surface area (Å²) in [5, 5.41) is 18.5. The van der Waals surface area contributed by atoms with Gasteiger partial charge in [-0.1, -0.05) is 5.16 Å². The van der Waals surface area contributed by atoms with Crippen molar-refractivity contribution in [3.8, 4) is 28.9 Å². The summed E-state index contributed by atoms with van der Waals surface area (Å²) in [6.07, 6.45) is 1.56. The van der Waals surface area contributed by atoms with Gasteiger partial charge in [0.1, 0.15) is 17.7 Å². The van der Waals surface area contributed by atoms with Gasteiger partial charge in [-0.2, -0.15) is 10.1 Å². The number of aromatic hydroxyl groups is 1. The molecule has 0 unspecified atom stereocenters. The van der Waals surface area contributed by atoms with Crippen LogP contribution in [-0.4, -0.2) is 40.3 Å². The first kappa shape index (κ1) is 16.8. The molecule has 0 saturated carbocycles. The molecule has 0 aliphatic heterocycles. The third-order valence-corrected chi connectivity index (χ3v) is 4.32. The van der Waals surface area contributed by atoms with Gasteiger partial charge in [-0.3, -0.25) is 13.9 Å². The lowest BCUT2D eigenvalue weighted by Crippen LogP contribution is -2.10. The van der Waals surface area contributed by atoms with E-state index in [0.717, 1.165) is 5.69 Å². The van der Waals surface area contributed by atoms with Crippen molar-refractivity contribution in [3.63, 3.8) is 0 Å². The number of aryl methyl sites for hydroxylation is 3. The highest BCUT2D eigenvalue weighted by Crippen LogP contribution is 2.32. The van der Waals surface area contributed by atoms with E-state index in [2.05, 4.69) is 20.2 Å². The maximum Gasteiger partial charge on any atom is 0.275 e. The SMILES string of the molecule is CCn1nc(C)c(O)c1-c1noc(-c2cc(C(N)=O)c3cc(C)ncn23)n1. The minimum absolute atomic E-state index is 0.000617. The summed E-state index contributed by atoms with van der Waals surface area (Å²) in [6, 6.07) is 3.33. The summed E-state index contributed by atoms with van der Waals surface area (Å²) in [5.74, 6) is -0.208. The zero-order valence-corrected chi connectivity index (χ0v) is 15.0. The molecule has 4 heterocycles. The molecule has 0 bridgehead atoms. The highest BCUT2D eigenvalue weighted by molar-refractivity contribution is 6.01. The molecule has 0 saturated heterocycles. The van der Waals surface area contributed by atoms with Crippen LogP contribution in [0.3, 0.4) is 0 Å². The molecule has 27 heavy (non-hydrogen) atoms. The maximum absolute atomic E-state index is 11.8. The molecular weight excluding hydrogens is 350 g/mol. The van der Waals surface area contributed by atoms with E-state index in [0.29, 0.717) is 34.7 Å². The number of primary amides is 1. The van der Waals surface area contributed by atoms with E-state index in [9.17, 15) is 9.90 Å². The Hall–Kier alpha value is -3.69. The van der Waals surface area contributed by atoms with Gasteiger partial charge in [0.2, 0.25) is 5.82 Å². The second-order valence-electron chi connectivity index (χ2n) is 6.11. The van der Waals surface area contributed by atoms with Gasteiger partial charge in [0.05, 0.1) is 11.1 Å². The number of rotatable bonds is 4. The van der Waals surface area contributed by atoms with E-state index >= 15 is 0 Å². The van der Waals surface area contributed by atoms with Crippen LogP contribution in [0.2, 0.25) is 0 Å². The van der Waals surface area contributed by atoms with Crippen molar-refractivity contribution in [2.75, 3.05) is 0 Å². The molecule has 4 aromatic rings. The van der Waals surface area contributed by atoms with Crippen LogP contribution in [0, 0.1) is 13.8 Å². The van der Waals surface area contributed by atoms with Gasteiger partial charge >= 0.3 is 0 Å². The first-order valence-corrected chi connectivity index (χ1v) is 8.29. The number of fused-ring (bicyclic) bond motifs is 1. The Morgan fingerprint density at radius 1 is 1.33 bits per heavy atom. The fourth-order valence-electron chi connectivity index (χ4n) is 3.00. The Morgan fingerprint density at radius 2 is 2.11 bits per heavy atom. The summed E-state index contributed by atoms with van der Waals surface area (Å²) in [5.41, 5.74) is 8.48. The first-order valence-electron chi connectivity index (χ1n) is 8.29. The number of hydrogen-bond acceptors (Lipinski definition) is 7. The second kappa shape index (κ2) is 5.94. The van der Waals surface area contributed by atoms with Gasteiger partial charge in [0, 0.05) is 12.2 Å². The minimum Gasteiger partial charge on any atom is -0.504 e. The zero-order valence-electron chi connectivity index (χ0n) is 15.0. The molecule has 0 radical (unpaired) electrons. The van der Waals surface area contributed by atoms with Crippen molar-refractivity contribution in [2.24, 2.45) is 5.73 Å². The molecule has 10 heteroatoms. The maximum atomic E-state index is 11.8. The Labute approximate surface area is 153 Å². The minimum atomic E-state index is -0.568. The van der Waals surface area contributed by atoms with Gasteiger partial charge < -0.3 is 15.4 Å². The number of carbonyl (C=O) groups excluding carboxylic acids is 1. The molecule has 1 amide bonds. The molecule has 0 spiro atoms. The average molecular weight is 367 g/mol. The Kier molecular flexibility index (Phi) is 3.69. The highest BCUT2D eigenvalue weighted by atomic mass is 16.5. The third kappa shape index (κ3) is 2.53. The van der Waals surface area contributed by atoms with E-state index in [1.165, 1.54) is 0 Å². The van der Waals surface area contributed by atoms with Crippen LogP contribution in [0.4, 0.5) is 0 Å². The van der Waals surface area contributed by atoms with Crippen molar-refractivity contribution in [1.82, 2.24) is 29.3 Å². The van der Waals surface area contributed by atoms with Crippen LogP contribution < -0.4 is 5.73 Å². The number of nitrogens with zero attached hydrogens (tertiary/aromatic N) is 6. The van der Waals surface area contributed by atoms with Crippen LogP contribution in [0.5, 0.6) is 5.75 Å². The number of nitrogens with two attached hydrogens (primary N) is 1. The van der Waals surface area contributed by atoms with Gasteiger partial charge in [-0.15, -0.1) is 0 Å². The number of aromatic nitrogens is 6. The molecule has 138 valence electrons.